The van der Waals surface area contributed by atoms with E-state index in [2.05, 4.69) is 0 Å². The highest BCUT2D eigenvalue weighted by Crippen LogP contribution is 2.55. The molecule has 0 aromatic heterocycles. The topological polar surface area (TPSA) is 57.5 Å². The van der Waals surface area contributed by atoms with E-state index in [0.717, 1.165) is 22.3 Å². The summed E-state index contributed by atoms with van der Waals surface area (Å²) in [5, 5.41) is 0. The predicted molar refractivity (Wildman–Crippen MR) is 118 cm³/mol. The van der Waals surface area contributed by atoms with Gasteiger partial charge in [-0.1, -0.05) is 109 Å². The Morgan fingerprint density at radius 2 is 0.793 bits per heavy atom. The molecule has 4 aromatic rings. The largest absolute Gasteiger partial charge is 0.337 e. The van der Waals surface area contributed by atoms with Gasteiger partial charge >= 0.3 is 7.60 Å². The summed E-state index contributed by atoms with van der Waals surface area (Å²) in [6.07, 6.45) is 0. The Bertz CT molecular complexity index is 1030. The zero-order valence-electron chi connectivity index (χ0n) is 15.7. The van der Waals surface area contributed by atoms with Gasteiger partial charge in [0.2, 0.25) is 0 Å². The first kappa shape index (κ1) is 19.4. The van der Waals surface area contributed by atoms with Crippen molar-refractivity contribution in [2.24, 2.45) is 0 Å². The molecule has 0 heterocycles. The van der Waals surface area contributed by atoms with Crippen molar-refractivity contribution < 1.29 is 14.4 Å². The summed E-state index contributed by atoms with van der Waals surface area (Å²) >= 11 is 0. The lowest BCUT2D eigenvalue weighted by atomic mass is 9.98. The van der Waals surface area contributed by atoms with E-state index in [9.17, 15) is 14.4 Å². The first-order valence-electron chi connectivity index (χ1n) is 9.38. The minimum Gasteiger partial charge on any atom is -0.324 e. The maximum absolute atomic E-state index is 12.3. The molecule has 0 bridgehead atoms. The van der Waals surface area contributed by atoms with Gasteiger partial charge in [0.1, 0.15) is 5.66 Å². The Morgan fingerprint density at radius 1 is 0.483 bits per heavy atom. The molecule has 0 aliphatic heterocycles. The molecule has 0 amide bonds. The van der Waals surface area contributed by atoms with Gasteiger partial charge in [-0.25, -0.2) is 0 Å². The quantitative estimate of drug-likeness (QED) is 0.387. The first-order chi connectivity index (χ1) is 14.0. The number of rotatable bonds is 5. The molecule has 3 nitrogen and oxygen atoms in total. The third-order valence-electron chi connectivity index (χ3n) is 5.00. The van der Waals surface area contributed by atoms with Gasteiger partial charge in [0, 0.05) is 0 Å². The molecule has 0 fully saturated rings. The van der Waals surface area contributed by atoms with Crippen molar-refractivity contribution in [1.29, 1.82) is 0 Å². The smallest absolute Gasteiger partial charge is 0.324 e. The molecule has 0 unspecified atom stereocenters. The van der Waals surface area contributed by atoms with Crippen LogP contribution in [0.2, 0.25) is 0 Å². The minimum atomic E-state index is -4.39. The zero-order valence-corrected chi connectivity index (χ0v) is 16.6. The average Bonchev–Trinajstić information content (AvgIpc) is 2.75. The summed E-state index contributed by atoms with van der Waals surface area (Å²) < 4.78 is 12.3. The van der Waals surface area contributed by atoms with Gasteiger partial charge in [-0.2, -0.15) is 0 Å². The second kappa shape index (κ2) is 8.18. The molecule has 0 radical (unpaired) electrons. The fourth-order valence-corrected chi connectivity index (χ4v) is 4.68. The normalized spacial score (nSPS) is 11.6. The number of hydrogen-bond acceptors (Lipinski definition) is 1. The summed E-state index contributed by atoms with van der Waals surface area (Å²) in [5.74, 6) is 0. The van der Waals surface area contributed by atoms with Crippen molar-refractivity contribution >= 4 is 7.60 Å². The molecule has 4 aromatic carbocycles. The summed E-state index contributed by atoms with van der Waals surface area (Å²) in [6.45, 7) is 0. The van der Waals surface area contributed by atoms with E-state index in [-0.39, 0.29) is 0 Å². The molecule has 144 valence electrons. The van der Waals surface area contributed by atoms with Crippen LogP contribution in [0.15, 0.2) is 109 Å². The Labute approximate surface area is 170 Å². The fraction of sp³-hybridized carbons (Fsp3) is 0.0400. The van der Waals surface area contributed by atoms with E-state index in [1.165, 1.54) is 0 Å². The average molecular weight is 400 g/mol. The fourth-order valence-electron chi connectivity index (χ4n) is 3.56. The lowest BCUT2D eigenvalue weighted by Gasteiger charge is -2.20. The van der Waals surface area contributed by atoms with Crippen molar-refractivity contribution in [3.63, 3.8) is 0 Å². The third kappa shape index (κ3) is 4.38. The minimum absolute atomic E-state index is 0.602. The van der Waals surface area contributed by atoms with Crippen LogP contribution in [-0.4, -0.2) is 9.79 Å². The van der Waals surface area contributed by atoms with Crippen LogP contribution in [0.25, 0.3) is 22.3 Å². The highest BCUT2D eigenvalue weighted by Gasteiger charge is 2.32. The number of hydrogen-bond donors (Lipinski definition) is 2. The summed E-state index contributed by atoms with van der Waals surface area (Å²) in [4.78, 5) is 20.1. The monoisotopic (exact) mass is 400 g/mol. The van der Waals surface area contributed by atoms with Crippen LogP contribution in [0.3, 0.4) is 0 Å². The Hall–Kier alpha value is -2.97. The van der Waals surface area contributed by atoms with Gasteiger partial charge in [0.15, 0.2) is 0 Å². The maximum Gasteiger partial charge on any atom is 0.337 e. The Morgan fingerprint density at radius 3 is 1.10 bits per heavy atom. The van der Waals surface area contributed by atoms with Crippen LogP contribution in [0, 0.1) is 0 Å². The summed E-state index contributed by atoms with van der Waals surface area (Å²) in [5.41, 5.74) is 4.38. The van der Waals surface area contributed by atoms with Crippen LogP contribution < -0.4 is 0 Å². The second-order valence-electron chi connectivity index (χ2n) is 6.97. The molecule has 0 saturated carbocycles. The van der Waals surface area contributed by atoms with E-state index in [1.807, 2.05) is 84.9 Å². The van der Waals surface area contributed by atoms with Crippen molar-refractivity contribution in [3.05, 3.63) is 120 Å². The van der Waals surface area contributed by atoms with Crippen LogP contribution >= 0.6 is 7.60 Å². The van der Waals surface area contributed by atoms with E-state index in [0.29, 0.717) is 11.1 Å². The molecule has 0 aliphatic rings. The van der Waals surface area contributed by atoms with Crippen molar-refractivity contribution in [2.75, 3.05) is 0 Å². The van der Waals surface area contributed by atoms with Crippen LogP contribution in [0.4, 0.5) is 0 Å². The van der Waals surface area contributed by atoms with E-state index in [4.69, 9.17) is 0 Å². The lowest BCUT2D eigenvalue weighted by Crippen LogP contribution is -2.02. The molecule has 29 heavy (non-hydrogen) atoms. The Kier molecular flexibility index (Phi) is 5.46. The number of benzene rings is 4. The van der Waals surface area contributed by atoms with Crippen LogP contribution in [0.5, 0.6) is 0 Å². The molecule has 0 aliphatic carbocycles. The SMILES string of the molecule is O=P(O)(O)C(c1ccc(-c2ccccc2)cc1)c1ccc(-c2ccccc2)cc1. The molecule has 4 rings (SSSR count). The van der Waals surface area contributed by atoms with Gasteiger partial charge < -0.3 is 9.79 Å². The molecule has 0 atom stereocenters. The Balaban J connectivity index is 1.68. The van der Waals surface area contributed by atoms with Gasteiger partial charge in [-0.3, -0.25) is 4.57 Å². The van der Waals surface area contributed by atoms with Gasteiger partial charge in [-0.05, 0) is 33.4 Å². The van der Waals surface area contributed by atoms with E-state index in [1.54, 1.807) is 24.3 Å². The van der Waals surface area contributed by atoms with Gasteiger partial charge in [-0.15, -0.1) is 0 Å². The van der Waals surface area contributed by atoms with Crippen LogP contribution in [0.1, 0.15) is 16.8 Å². The molecule has 0 saturated heterocycles. The zero-order chi connectivity index (χ0) is 20.3. The van der Waals surface area contributed by atoms with Gasteiger partial charge in [0.25, 0.3) is 0 Å². The highest BCUT2D eigenvalue weighted by molar-refractivity contribution is 7.52. The molecular formula is C25H21O3P. The first-order valence-corrected chi connectivity index (χ1v) is 11.1. The van der Waals surface area contributed by atoms with E-state index < -0.39 is 13.3 Å². The summed E-state index contributed by atoms with van der Waals surface area (Å²) in [6, 6.07) is 34.7. The summed E-state index contributed by atoms with van der Waals surface area (Å²) in [7, 11) is -4.39. The van der Waals surface area contributed by atoms with Crippen molar-refractivity contribution in [1.82, 2.24) is 0 Å². The molecule has 0 spiro atoms. The van der Waals surface area contributed by atoms with E-state index >= 15 is 0 Å². The standard InChI is InChI=1S/C25H21O3P/c26-29(27,28)25(23-15-11-21(12-16-23)19-7-3-1-4-8-19)24-17-13-22(14-18-24)20-9-5-2-6-10-20/h1-18,25H,(H2,26,27,28). The van der Waals surface area contributed by atoms with Crippen LogP contribution in [-0.2, 0) is 4.57 Å². The van der Waals surface area contributed by atoms with Crippen molar-refractivity contribution in [2.45, 2.75) is 5.66 Å². The second-order valence-corrected chi connectivity index (χ2v) is 8.66. The third-order valence-corrected chi connectivity index (χ3v) is 6.27. The predicted octanol–water partition coefficient (Wildman–Crippen LogP) is 6.29. The van der Waals surface area contributed by atoms with Crippen molar-refractivity contribution in [3.8, 4) is 22.3 Å². The molecule has 2 N–H and O–H groups in total. The molecular weight excluding hydrogens is 379 g/mol. The maximum atomic E-state index is 12.3. The van der Waals surface area contributed by atoms with Gasteiger partial charge in [0.05, 0.1) is 0 Å². The lowest BCUT2D eigenvalue weighted by molar-refractivity contribution is 0.364. The highest BCUT2D eigenvalue weighted by atomic mass is 31.2. The molecule has 4 heteroatoms.